The fourth-order valence-corrected chi connectivity index (χ4v) is 4.43. The van der Waals surface area contributed by atoms with Crippen LogP contribution in [0.1, 0.15) is 52.1 Å². The zero-order valence-corrected chi connectivity index (χ0v) is 20.9. The number of aliphatic imine (C=N–C) groups is 2. The van der Waals surface area contributed by atoms with E-state index in [1.54, 1.807) is 12.1 Å². The van der Waals surface area contributed by atoms with E-state index in [1.807, 2.05) is 48.5 Å². The third-order valence-corrected chi connectivity index (χ3v) is 6.49. The second-order valence-electron chi connectivity index (χ2n) is 9.70. The van der Waals surface area contributed by atoms with Crippen molar-refractivity contribution in [3.63, 3.8) is 0 Å². The Morgan fingerprint density at radius 2 is 1.49 bits per heavy atom. The van der Waals surface area contributed by atoms with Crippen molar-refractivity contribution < 1.29 is 9.59 Å². The van der Waals surface area contributed by atoms with Crippen molar-refractivity contribution in [1.82, 2.24) is 5.32 Å². The molecule has 2 unspecified atom stereocenters. The van der Waals surface area contributed by atoms with Crippen molar-refractivity contribution in [2.75, 3.05) is 29.5 Å². The van der Waals surface area contributed by atoms with E-state index >= 15 is 0 Å². The number of carbonyl (C=O) groups is 2. The third kappa shape index (κ3) is 5.53. The Morgan fingerprint density at radius 1 is 0.838 bits per heavy atom. The lowest BCUT2D eigenvalue weighted by Gasteiger charge is -2.11. The first-order chi connectivity index (χ1) is 17.9. The summed E-state index contributed by atoms with van der Waals surface area (Å²) in [5.74, 6) is 0.787. The standard InChI is InChI=1S/C29H30N6O2/c1-17-13-26(31-15-17)19-3-8-22(9-4-19)34-28(36)21-7-12-24(25(30)14-21)29(37)35-23-10-5-20(6-11-23)27-32-16-18(2)33-27/h3-12,14,17-18H,13,15-16,30H2,1-2H3,(H,32,33)(H,34,36)(H,35,37). The molecule has 2 aliphatic heterocycles. The fraction of sp³-hybridized carbons (Fsp3) is 0.241. The highest BCUT2D eigenvalue weighted by Gasteiger charge is 2.17. The minimum Gasteiger partial charge on any atom is -0.398 e. The summed E-state index contributed by atoms with van der Waals surface area (Å²) in [5, 5.41) is 9.05. The average molecular weight is 495 g/mol. The molecule has 0 spiro atoms. The molecule has 0 fully saturated rings. The number of rotatable bonds is 6. The smallest absolute Gasteiger partial charge is 0.257 e. The Hall–Kier alpha value is -4.46. The summed E-state index contributed by atoms with van der Waals surface area (Å²) in [7, 11) is 0. The summed E-state index contributed by atoms with van der Waals surface area (Å²) in [5.41, 5.74) is 11.5. The van der Waals surface area contributed by atoms with Gasteiger partial charge in [0, 0.05) is 46.5 Å². The van der Waals surface area contributed by atoms with Crippen molar-refractivity contribution in [3.8, 4) is 0 Å². The van der Waals surface area contributed by atoms with Gasteiger partial charge in [-0.1, -0.05) is 19.1 Å². The van der Waals surface area contributed by atoms with Gasteiger partial charge in [-0.05, 0) is 79.4 Å². The number of nitrogen functional groups attached to an aromatic ring is 1. The Labute approximate surface area is 216 Å². The van der Waals surface area contributed by atoms with Gasteiger partial charge in [-0.15, -0.1) is 0 Å². The van der Waals surface area contributed by atoms with E-state index in [4.69, 9.17) is 5.73 Å². The molecular formula is C29H30N6O2. The summed E-state index contributed by atoms with van der Waals surface area (Å²) in [6.07, 6.45) is 0.975. The molecule has 37 heavy (non-hydrogen) atoms. The van der Waals surface area contributed by atoms with Gasteiger partial charge in [-0.25, -0.2) is 0 Å². The molecule has 8 heteroatoms. The van der Waals surface area contributed by atoms with E-state index in [1.165, 1.54) is 6.07 Å². The zero-order valence-electron chi connectivity index (χ0n) is 20.9. The molecule has 0 saturated heterocycles. The van der Waals surface area contributed by atoms with E-state index < -0.39 is 0 Å². The number of amides is 2. The second kappa shape index (κ2) is 10.3. The van der Waals surface area contributed by atoms with Crippen LogP contribution in [0.5, 0.6) is 0 Å². The molecule has 0 aromatic heterocycles. The van der Waals surface area contributed by atoms with Crippen LogP contribution in [0, 0.1) is 5.92 Å². The molecule has 3 aromatic rings. The van der Waals surface area contributed by atoms with Crippen LogP contribution in [0.3, 0.4) is 0 Å². The SMILES string of the molecule is CC1CN=C(c2ccc(NC(=O)c3ccc(C(=O)Nc4ccc(C5=NCC(C)N5)cc4)c(N)c3)cc2)C1. The zero-order chi connectivity index (χ0) is 25.9. The summed E-state index contributed by atoms with van der Waals surface area (Å²) in [4.78, 5) is 34.6. The van der Waals surface area contributed by atoms with Crippen LogP contribution in [-0.2, 0) is 0 Å². The van der Waals surface area contributed by atoms with Crippen LogP contribution in [0.25, 0.3) is 0 Å². The molecule has 2 atom stereocenters. The fourth-order valence-electron chi connectivity index (χ4n) is 4.43. The number of amidine groups is 1. The lowest BCUT2D eigenvalue weighted by molar-refractivity contribution is 0.101. The minimum atomic E-state index is -0.345. The first-order valence-corrected chi connectivity index (χ1v) is 12.4. The maximum absolute atomic E-state index is 12.8. The van der Waals surface area contributed by atoms with Gasteiger partial charge in [0.1, 0.15) is 5.84 Å². The van der Waals surface area contributed by atoms with Crippen molar-refractivity contribution in [2.45, 2.75) is 26.3 Å². The maximum Gasteiger partial charge on any atom is 0.257 e. The molecule has 0 radical (unpaired) electrons. The first-order valence-electron chi connectivity index (χ1n) is 12.4. The van der Waals surface area contributed by atoms with Gasteiger partial charge in [0.05, 0.1) is 12.1 Å². The first kappa shape index (κ1) is 24.2. The number of hydrogen-bond donors (Lipinski definition) is 4. The molecule has 8 nitrogen and oxygen atoms in total. The lowest BCUT2D eigenvalue weighted by Crippen LogP contribution is -2.27. The second-order valence-corrected chi connectivity index (χ2v) is 9.70. The van der Waals surface area contributed by atoms with E-state index in [9.17, 15) is 9.59 Å². The number of nitrogens with one attached hydrogen (secondary N) is 3. The van der Waals surface area contributed by atoms with E-state index in [2.05, 4.69) is 39.8 Å². The highest BCUT2D eigenvalue weighted by atomic mass is 16.2. The van der Waals surface area contributed by atoms with Crippen molar-refractivity contribution >= 4 is 40.4 Å². The monoisotopic (exact) mass is 494 g/mol. The Kier molecular flexibility index (Phi) is 6.72. The van der Waals surface area contributed by atoms with E-state index in [0.29, 0.717) is 34.5 Å². The molecule has 2 amide bonds. The van der Waals surface area contributed by atoms with Crippen LogP contribution in [-0.4, -0.2) is 42.5 Å². The topological polar surface area (TPSA) is 121 Å². The third-order valence-electron chi connectivity index (χ3n) is 6.49. The Bertz CT molecular complexity index is 1390. The van der Waals surface area contributed by atoms with Gasteiger partial charge in [-0.2, -0.15) is 0 Å². The van der Waals surface area contributed by atoms with Gasteiger partial charge >= 0.3 is 0 Å². The molecule has 2 aliphatic rings. The average Bonchev–Trinajstić information content (AvgIpc) is 3.53. The quantitative estimate of drug-likeness (QED) is 0.381. The van der Waals surface area contributed by atoms with Crippen LogP contribution >= 0.6 is 0 Å². The van der Waals surface area contributed by atoms with E-state index in [-0.39, 0.29) is 17.5 Å². The van der Waals surface area contributed by atoms with Crippen molar-refractivity contribution in [3.05, 3.63) is 89.0 Å². The predicted molar refractivity (Wildman–Crippen MR) is 149 cm³/mol. The van der Waals surface area contributed by atoms with Gasteiger partial charge in [0.2, 0.25) is 0 Å². The largest absolute Gasteiger partial charge is 0.398 e. The summed E-state index contributed by atoms with van der Waals surface area (Å²) < 4.78 is 0. The molecule has 2 heterocycles. The number of hydrogen-bond acceptors (Lipinski definition) is 6. The van der Waals surface area contributed by atoms with Crippen LogP contribution < -0.4 is 21.7 Å². The molecule has 0 bridgehead atoms. The van der Waals surface area contributed by atoms with Crippen LogP contribution in [0.4, 0.5) is 17.1 Å². The van der Waals surface area contributed by atoms with E-state index in [0.717, 1.165) is 42.2 Å². The summed E-state index contributed by atoms with van der Waals surface area (Å²) >= 11 is 0. The Morgan fingerprint density at radius 3 is 2.05 bits per heavy atom. The number of benzene rings is 3. The van der Waals surface area contributed by atoms with Crippen molar-refractivity contribution in [1.29, 1.82) is 0 Å². The lowest BCUT2D eigenvalue weighted by atomic mass is 10.0. The normalized spacial score (nSPS) is 18.5. The van der Waals surface area contributed by atoms with Gasteiger partial charge in [0.25, 0.3) is 11.8 Å². The Balaban J connectivity index is 1.20. The molecular weight excluding hydrogens is 464 g/mol. The highest BCUT2D eigenvalue weighted by Crippen LogP contribution is 2.21. The number of nitrogens with two attached hydrogens (primary N) is 1. The molecule has 188 valence electrons. The number of anilines is 3. The summed E-state index contributed by atoms with van der Waals surface area (Å²) in [6.45, 7) is 5.88. The molecule has 3 aromatic carbocycles. The number of carbonyl (C=O) groups excluding carboxylic acids is 2. The van der Waals surface area contributed by atoms with Gasteiger partial charge in [-0.3, -0.25) is 19.6 Å². The summed E-state index contributed by atoms with van der Waals surface area (Å²) in [6, 6.07) is 20.1. The molecule has 0 aliphatic carbocycles. The predicted octanol–water partition coefficient (Wildman–Crippen LogP) is 4.34. The molecule has 5 rings (SSSR count). The van der Waals surface area contributed by atoms with Gasteiger partial charge < -0.3 is 21.7 Å². The molecule has 0 saturated carbocycles. The number of nitrogens with zero attached hydrogens (tertiary/aromatic N) is 2. The minimum absolute atomic E-state index is 0.226. The van der Waals surface area contributed by atoms with Crippen LogP contribution in [0.15, 0.2) is 76.7 Å². The maximum atomic E-state index is 12.8. The van der Waals surface area contributed by atoms with Crippen LogP contribution in [0.2, 0.25) is 0 Å². The van der Waals surface area contributed by atoms with Gasteiger partial charge in [0.15, 0.2) is 0 Å². The van der Waals surface area contributed by atoms with Crippen molar-refractivity contribution in [2.24, 2.45) is 15.9 Å². The highest BCUT2D eigenvalue weighted by molar-refractivity contribution is 6.10. The molecule has 5 N–H and O–H groups in total.